The Hall–Kier alpha value is -1.83. The molecule has 0 aliphatic rings. The third-order valence-electron chi connectivity index (χ3n) is 2.49. The Balaban J connectivity index is 5.24. The van der Waals surface area contributed by atoms with Gasteiger partial charge in [0.05, 0.1) is 19.1 Å². The zero-order valence-electron chi connectivity index (χ0n) is 11.3. The molecule has 0 amide bonds. The summed E-state index contributed by atoms with van der Waals surface area (Å²) in [7, 11) is 0. The normalized spacial score (nSPS) is 13.1. The number of ether oxygens (including phenoxy) is 2. The highest BCUT2D eigenvalue weighted by Gasteiger charge is 2.25. The lowest BCUT2D eigenvalue weighted by Crippen LogP contribution is -2.21. The van der Waals surface area contributed by atoms with Gasteiger partial charge in [-0.3, -0.25) is 4.79 Å². The van der Waals surface area contributed by atoms with E-state index in [0.29, 0.717) is 12.0 Å². The van der Waals surface area contributed by atoms with Crippen molar-refractivity contribution in [3.8, 4) is 6.07 Å². The molecule has 0 fully saturated rings. The number of carbonyl (C=O) groups is 2. The third-order valence-corrected chi connectivity index (χ3v) is 2.49. The molecule has 0 heterocycles. The highest BCUT2D eigenvalue weighted by molar-refractivity contribution is 5.95. The second kappa shape index (κ2) is 8.29. The predicted molar refractivity (Wildman–Crippen MR) is 65.4 cm³/mol. The van der Waals surface area contributed by atoms with Crippen LogP contribution < -0.4 is 0 Å². The van der Waals surface area contributed by atoms with E-state index in [4.69, 9.17) is 14.7 Å². The Morgan fingerprint density at radius 3 is 2.11 bits per heavy atom. The number of nitrogens with zero attached hydrogens (tertiary/aromatic N) is 1. The van der Waals surface area contributed by atoms with E-state index in [2.05, 4.69) is 0 Å². The van der Waals surface area contributed by atoms with Gasteiger partial charge < -0.3 is 9.47 Å². The lowest BCUT2D eigenvalue weighted by molar-refractivity contribution is -0.146. The number of nitriles is 1. The highest BCUT2D eigenvalue weighted by Crippen LogP contribution is 2.21. The third kappa shape index (κ3) is 4.21. The second-order valence-electron chi connectivity index (χ2n) is 3.60. The second-order valence-corrected chi connectivity index (χ2v) is 3.60. The van der Waals surface area contributed by atoms with Gasteiger partial charge in [0.15, 0.2) is 0 Å². The molecular weight excluding hydrogens is 234 g/mol. The maximum Gasteiger partial charge on any atom is 0.348 e. The molecule has 0 bridgehead atoms. The smallest absolute Gasteiger partial charge is 0.348 e. The van der Waals surface area contributed by atoms with Gasteiger partial charge in [0.2, 0.25) is 0 Å². The van der Waals surface area contributed by atoms with E-state index in [1.54, 1.807) is 33.8 Å². The van der Waals surface area contributed by atoms with Gasteiger partial charge in [0, 0.05) is 0 Å². The lowest BCUT2D eigenvalue weighted by atomic mass is 9.93. The fourth-order valence-corrected chi connectivity index (χ4v) is 1.56. The predicted octanol–water partition coefficient (Wildman–Crippen LogP) is 1.98. The number of rotatable bonds is 6. The zero-order chi connectivity index (χ0) is 14.1. The van der Waals surface area contributed by atoms with Gasteiger partial charge >= 0.3 is 11.9 Å². The standard InChI is InChI=1S/C13H19NO4/c1-5-10(12(15)17-6-2)9(4)11(8-14)13(16)18-7-3/h10H,5-7H2,1-4H3. The molecule has 1 atom stereocenters. The minimum absolute atomic E-state index is 0.114. The summed E-state index contributed by atoms with van der Waals surface area (Å²) in [5.41, 5.74) is 0.286. The molecule has 0 spiro atoms. The molecule has 0 rings (SSSR count). The first-order valence-electron chi connectivity index (χ1n) is 5.97. The van der Waals surface area contributed by atoms with Crippen LogP contribution in [0.4, 0.5) is 0 Å². The Kier molecular flexibility index (Phi) is 7.45. The maximum atomic E-state index is 11.7. The van der Waals surface area contributed by atoms with Gasteiger partial charge in [-0.25, -0.2) is 4.79 Å². The van der Waals surface area contributed by atoms with Crippen LogP contribution in [0.15, 0.2) is 11.1 Å². The fourth-order valence-electron chi connectivity index (χ4n) is 1.56. The van der Waals surface area contributed by atoms with Crippen LogP contribution in [-0.2, 0) is 19.1 Å². The van der Waals surface area contributed by atoms with Crippen molar-refractivity contribution in [3.05, 3.63) is 11.1 Å². The Morgan fingerprint density at radius 2 is 1.72 bits per heavy atom. The van der Waals surface area contributed by atoms with Crippen LogP contribution in [0.2, 0.25) is 0 Å². The highest BCUT2D eigenvalue weighted by atomic mass is 16.5. The van der Waals surface area contributed by atoms with Crippen molar-refractivity contribution in [2.45, 2.75) is 34.1 Å². The monoisotopic (exact) mass is 253 g/mol. The molecule has 0 aromatic heterocycles. The van der Waals surface area contributed by atoms with E-state index in [1.807, 2.05) is 0 Å². The van der Waals surface area contributed by atoms with Crippen LogP contribution in [0.1, 0.15) is 34.1 Å². The molecule has 0 saturated carbocycles. The Labute approximate surface area is 107 Å². The molecule has 5 heteroatoms. The summed E-state index contributed by atoms with van der Waals surface area (Å²) in [4.78, 5) is 23.3. The molecule has 0 aromatic carbocycles. The van der Waals surface area contributed by atoms with Gasteiger partial charge in [-0.15, -0.1) is 0 Å². The van der Waals surface area contributed by atoms with Crippen molar-refractivity contribution < 1.29 is 19.1 Å². The van der Waals surface area contributed by atoms with Crippen LogP contribution in [0.5, 0.6) is 0 Å². The summed E-state index contributed by atoms with van der Waals surface area (Å²) in [5, 5.41) is 8.99. The van der Waals surface area contributed by atoms with Crippen LogP contribution >= 0.6 is 0 Å². The van der Waals surface area contributed by atoms with E-state index in [0.717, 1.165) is 0 Å². The molecule has 0 aliphatic heterocycles. The van der Waals surface area contributed by atoms with Crippen molar-refractivity contribution in [2.75, 3.05) is 13.2 Å². The molecule has 5 nitrogen and oxygen atoms in total. The van der Waals surface area contributed by atoms with Crippen molar-refractivity contribution in [1.82, 2.24) is 0 Å². The van der Waals surface area contributed by atoms with Crippen LogP contribution in [-0.4, -0.2) is 25.2 Å². The Bertz CT molecular complexity index is 379. The molecule has 1 unspecified atom stereocenters. The lowest BCUT2D eigenvalue weighted by Gasteiger charge is -2.15. The first kappa shape index (κ1) is 16.2. The largest absolute Gasteiger partial charge is 0.466 e. The van der Waals surface area contributed by atoms with Crippen molar-refractivity contribution in [2.24, 2.45) is 5.92 Å². The van der Waals surface area contributed by atoms with Crippen molar-refractivity contribution in [1.29, 1.82) is 5.26 Å². The van der Waals surface area contributed by atoms with Crippen LogP contribution in [0, 0.1) is 17.2 Å². The zero-order valence-corrected chi connectivity index (χ0v) is 11.3. The van der Waals surface area contributed by atoms with Gasteiger partial charge in [-0.2, -0.15) is 5.26 Å². The molecule has 0 radical (unpaired) electrons. The number of hydrogen-bond acceptors (Lipinski definition) is 5. The molecule has 0 aliphatic carbocycles. The number of esters is 2. The van der Waals surface area contributed by atoms with Crippen molar-refractivity contribution in [3.63, 3.8) is 0 Å². The summed E-state index contributed by atoms with van der Waals surface area (Å²) < 4.78 is 9.69. The average Bonchev–Trinajstić information content (AvgIpc) is 2.31. The molecule has 0 N–H and O–H groups in total. The van der Waals surface area contributed by atoms with E-state index in [-0.39, 0.29) is 18.8 Å². The van der Waals surface area contributed by atoms with Gasteiger partial charge in [0.25, 0.3) is 0 Å². The first-order chi connectivity index (χ1) is 8.53. The summed E-state index contributed by atoms with van der Waals surface area (Å²) in [6.07, 6.45) is 0.468. The molecule has 0 saturated heterocycles. The minimum atomic E-state index is -0.694. The van der Waals surface area contributed by atoms with Crippen LogP contribution in [0.3, 0.4) is 0 Å². The quantitative estimate of drug-likeness (QED) is 0.411. The van der Waals surface area contributed by atoms with Gasteiger partial charge in [-0.05, 0) is 32.8 Å². The summed E-state index contributed by atoms with van der Waals surface area (Å²) in [5.74, 6) is -1.70. The van der Waals surface area contributed by atoms with Crippen LogP contribution in [0.25, 0.3) is 0 Å². The van der Waals surface area contributed by atoms with E-state index in [1.165, 1.54) is 0 Å². The summed E-state index contributed by atoms with van der Waals surface area (Å²) >= 11 is 0. The maximum absolute atomic E-state index is 11.7. The Morgan fingerprint density at radius 1 is 1.17 bits per heavy atom. The number of carbonyl (C=O) groups excluding carboxylic acids is 2. The summed E-state index contributed by atoms with van der Waals surface area (Å²) in [6, 6.07) is 1.80. The van der Waals surface area contributed by atoms with Gasteiger partial charge in [-0.1, -0.05) is 6.92 Å². The number of hydrogen-bond donors (Lipinski definition) is 0. The molecule has 100 valence electrons. The van der Waals surface area contributed by atoms with Crippen molar-refractivity contribution >= 4 is 11.9 Å². The van der Waals surface area contributed by atoms with Gasteiger partial charge in [0.1, 0.15) is 11.6 Å². The minimum Gasteiger partial charge on any atom is -0.466 e. The average molecular weight is 253 g/mol. The first-order valence-corrected chi connectivity index (χ1v) is 5.97. The molecule has 18 heavy (non-hydrogen) atoms. The van der Waals surface area contributed by atoms with E-state index in [9.17, 15) is 9.59 Å². The SMILES string of the molecule is CCOC(=O)C(C#N)=C(C)C(CC)C(=O)OCC. The molecule has 0 aromatic rings. The fraction of sp³-hybridized carbons (Fsp3) is 0.615. The summed E-state index contributed by atoms with van der Waals surface area (Å²) in [6.45, 7) is 7.20. The topological polar surface area (TPSA) is 76.4 Å². The molecular formula is C13H19NO4. The van der Waals surface area contributed by atoms with E-state index < -0.39 is 17.9 Å². The van der Waals surface area contributed by atoms with E-state index >= 15 is 0 Å².